The maximum atomic E-state index is 13.0. The van der Waals surface area contributed by atoms with Crippen LogP contribution in [0.3, 0.4) is 0 Å². The van der Waals surface area contributed by atoms with Crippen molar-refractivity contribution in [3.63, 3.8) is 0 Å². The average Bonchev–Trinajstić information content (AvgIpc) is 2.57. The van der Waals surface area contributed by atoms with Gasteiger partial charge in [-0.25, -0.2) is 4.79 Å². The molecule has 0 saturated carbocycles. The normalized spacial score (nSPS) is 16.8. The van der Waals surface area contributed by atoms with E-state index in [1.54, 1.807) is 31.2 Å². The Kier molecular flexibility index (Phi) is 5.00. The summed E-state index contributed by atoms with van der Waals surface area (Å²) in [5, 5.41) is 9.03. The van der Waals surface area contributed by atoms with Gasteiger partial charge in [0.1, 0.15) is 0 Å². The lowest BCUT2D eigenvalue weighted by Gasteiger charge is -2.29. The first-order chi connectivity index (χ1) is 12.3. The highest BCUT2D eigenvalue weighted by atomic mass is 35.5. The molecule has 6 heteroatoms. The molecule has 5 nitrogen and oxygen atoms in total. The molecule has 1 unspecified atom stereocenters. The number of allylic oxidation sites excluding steroid dienone is 1. The fourth-order valence-electron chi connectivity index (χ4n) is 3.04. The smallest absolute Gasteiger partial charge is 0.319 e. The van der Waals surface area contributed by atoms with Crippen LogP contribution in [-0.2, 0) is 4.79 Å². The number of nitrogens with one attached hydrogen (secondary N) is 3. The molecule has 3 amide bonds. The summed E-state index contributed by atoms with van der Waals surface area (Å²) in [6.45, 7) is 5.67. The van der Waals surface area contributed by atoms with E-state index < -0.39 is 6.04 Å². The van der Waals surface area contributed by atoms with Gasteiger partial charge in [-0.2, -0.15) is 0 Å². The maximum Gasteiger partial charge on any atom is 0.319 e. The molecule has 1 atom stereocenters. The largest absolute Gasteiger partial charge is 0.327 e. The van der Waals surface area contributed by atoms with Crippen molar-refractivity contribution in [2.75, 3.05) is 5.32 Å². The van der Waals surface area contributed by atoms with Gasteiger partial charge in [-0.3, -0.25) is 4.79 Å². The maximum absolute atomic E-state index is 13.0. The monoisotopic (exact) mass is 369 g/mol. The zero-order valence-electron chi connectivity index (χ0n) is 14.8. The number of halogens is 1. The molecule has 1 aliphatic rings. The van der Waals surface area contributed by atoms with Crippen molar-refractivity contribution in [2.24, 2.45) is 0 Å². The summed E-state index contributed by atoms with van der Waals surface area (Å²) in [5.41, 5.74) is 4.62. The summed E-state index contributed by atoms with van der Waals surface area (Å²) in [7, 11) is 0. The van der Waals surface area contributed by atoms with Crippen LogP contribution in [0.25, 0.3) is 0 Å². The zero-order valence-corrected chi connectivity index (χ0v) is 15.6. The lowest BCUT2D eigenvalue weighted by atomic mass is 9.94. The minimum absolute atomic E-state index is 0.262. The number of hydrogen-bond donors (Lipinski definition) is 3. The van der Waals surface area contributed by atoms with E-state index >= 15 is 0 Å². The Morgan fingerprint density at radius 1 is 1.08 bits per heavy atom. The van der Waals surface area contributed by atoms with Gasteiger partial charge in [0.05, 0.1) is 11.6 Å². The van der Waals surface area contributed by atoms with Gasteiger partial charge in [0, 0.05) is 16.4 Å². The Balaban J connectivity index is 1.95. The van der Waals surface area contributed by atoms with E-state index in [4.69, 9.17) is 11.6 Å². The molecule has 0 aromatic heterocycles. The molecular formula is C20H20ClN3O2. The molecule has 0 aliphatic carbocycles. The van der Waals surface area contributed by atoms with Gasteiger partial charge in [0.2, 0.25) is 0 Å². The third-order valence-corrected chi connectivity index (χ3v) is 4.60. The summed E-state index contributed by atoms with van der Waals surface area (Å²) in [6, 6.07) is 12.0. The van der Waals surface area contributed by atoms with Crippen LogP contribution < -0.4 is 16.0 Å². The van der Waals surface area contributed by atoms with E-state index in [1.807, 2.05) is 32.0 Å². The standard InChI is InChI=1S/C20H20ClN3O2/c1-11-4-9-16(12(2)10-11)23-19(25)17-13(3)22-20(26)24-18(17)14-5-7-15(21)8-6-14/h4-10,18H,1-3H3,(H,23,25)(H2,22,24,26). The van der Waals surface area contributed by atoms with Gasteiger partial charge in [-0.05, 0) is 50.1 Å². The highest BCUT2D eigenvalue weighted by Gasteiger charge is 2.31. The Bertz CT molecular complexity index is 904. The molecule has 1 aliphatic heterocycles. The lowest BCUT2D eigenvalue weighted by Crippen LogP contribution is -2.46. The lowest BCUT2D eigenvalue weighted by molar-refractivity contribution is -0.113. The first-order valence-electron chi connectivity index (χ1n) is 8.27. The molecule has 0 bridgehead atoms. The van der Waals surface area contributed by atoms with Gasteiger partial charge in [0.15, 0.2) is 0 Å². The molecule has 3 rings (SSSR count). The topological polar surface area (TPSA) is 70.2 Å². The average molecular weight is 370 g/mol. The molecular weight excluding hydrogens is 350 g/mol. The number of benzene rings is 2. The number of anilines is 1. The number of amides is 3. The minimum Gasteiger partial charge on any atom is -0.327 e. The summed E-state index contributed by atoms with van der Waals surface area (Å²) >= 11 is 5.95. The molecule has 0 spiro atoms. The van der Waals surface area contributed by atoms with Crippen LogP contribution in [-0.4, -0.2) is 11.9 Å². The molecule has 2 aromatic carbocycles. The van der Waals surface area contributed by atoms with E-state index in [2.05, 4.69) is 16.0 Å². The predicted molar refractivity (Wildman–Crippen MR) is 103 cm³/mol. The van der Waals surface area contributed by atoms with Gasteiger partial charge < -0.3 is 16.0 Å². The first kappa shape index (κ1) is 18.0. The van der Waals surface area contributed by atoms with Crippen LogP contribution in [0.4, 0.5) is 10.5 Å². The Morgan fingerprint density at radius 3 is 2.42 bits per heavy atom. The zero-order chi connectivity index (χ0) is 18.8. The summed E-state index contributed by atoms with van der Waals surface area (Å²) < 4.78 is 0. The molecule has 0 radical (unpaired) electrons. The van der Waals surface area contributed by atoms with Crippen LogP contribution in [0.5, 0.6) is 0 Å². The van der Waals surface area contributed by atoms with E-state index in [0.717, 1.165) is 22.4 Å². The predicted octanol–water partition coefficient (Wildman–Crippen LogP) is 4.22. The van der Waals surface area contributed by atoms with Gasteiger partial charge in [-0.1, -0.05) is 41.4 Å². The number of rotatable bonds is 3. The molecule has 0 saturated heterocycles. The molecule has 1 heterocycles. The van der Waals surface area contributed by atoms with Crippen molar-refractivity contribution >= 4 is 29.2 Å². The molecule has 2 aromatic rings. The van der Waals surface area contributed by atoms with Crippen LogP contribution in [0.15, 0.2) is 53.7 Å². The quantitative estimate of drug-likeness (QED) is 0.757. The van der Waals surface area contributed by atoms with Gasteiger partial charge >= 0.3 is 6.03 Å². The van der Waals surface area contributed by atoms with Crippen LogP contribution in [0, 0.1) is 13.8 Å². The third kappa shape index (κ3) is 3.73. The SMILES string of the molecule is CC1=C(C(=O)Nc2ccc(C)cc2C)C(c2ccc(Cl)cc2)NC(=O)N1. The van der Waals surface area contributed by atoms with Crippen molar-refractivity contribution < 1.29 is 9.59 Å². The van der Waals surface area contributed by atoms with Crippen molar-refractivity contribution in [3.8, 4) is 0 Å². The number of urea groups is 1. The highest BCUT2D eigenvalue weighted by molar-refractivity contribution is 6.30. The fourth-order valence-corrected chi connectivity index (χ4v) is 3.17. The Morgan fingerprint density at radius 2 is 1.77 bits per heavy atom. The number of carbonyl (C=O) groups excluding carboxylic acids is 2. The summed E-state index contributed by atoms with van der Waals surface area (Å²) in [4.78, 5) is 24.9. The third-order valence-electron chi connectivity index (χ3n) is 4.35. The van der Waals surface area contributed by atoms with Crippen LogP contribution >= 0.6 is 11.6 Å². The van der Waals surface area contributed by atoms with E-state index in [1.165, 1.54) is 0 Å². The van der Waals surface area contributed by atoms with E-state index in [-0.39, 0.29) is 11.9 Å². The second-order valence-electron chi connectivity index (χ2n) is 6.39. The van der Waals surface area contributed by atoms with Gasteiger partial charge in [-0.15, -0.1) is 0 Å². The van der Waals surface area contributed by atoms with Crippen LogP contribution in [0.2, 0.25) is 5.02 Å². The molecule has 0 fully saturated rings. The molecule has 3 N–H and O–H groups in total. The molecule has 134 valence electrons. The second kappa shape index (κ2) is 7.22. The second-order valence-corrected chi connectivity index (χ2v) is 6.83. The summed E-state index contributed by atoms with van der Waals surface area (Å²) in [6.07, 6.45) is 0. The summed E-state index contributed by atoms with van der Waals surface area (Å²) in [5.74, 6) is -0.262. The Labute approximate surface area is 157 Å². The van der Waals surface area contributed by atoms with Gasteiger partial charge in [0.25, 0.3) is 5.91 Å². The molecule has 26 heavy (non-hydrogen) atoms. The Hall–Kier alpha value is -2.79. The van der Waals surface area contributed by atoms with E-state index in [0.29, 0.717) is 16.3 Å². The van der Waals surface area contributed by atoms with Crippen molar-refractivity contribution in [3.05, 3.63) is 75.4 Å². The van der Waals surface area contributed by atoms with Crippen LogP contribution in [0.1, 0.15) is 29.7 Å². The minimum atomic E-state index is -0.549. The first-order valence-corrected chi connectivity index (χ1v) is 8.65. The number of hydrogen-bond acceptors (Lipinski definition) is 2. The van der Waals surface area contributed by atoms with Crippen molar-refractivity contribution in [2.45, 2.75) is 26.8 Å². The van der Waals surface area contributed by atoms with Crippen molar-refractivity contribution in [1.29, 1.82) is 0 Å². The number of carbonyl (C=O) groups is 2. The van der Waals surface area contributed by atoms with E-state index in [9.17, 15) is 9.59 Å². The highest BCUT2D eigenvalue weighted by Crippen LogP contribution is 2.29. The number of aryl methyl sites for hydroxylation is 2. The van der Waals surface area contributed by atoms with Crippen molar-refractivity contribution in [1.82, 2.24) is 10.6 Å². The fraction of sp³-hybridized carbons (Fsp3) is 0.200.